The molecule has 0 atom stereocenters. The summed E-state index contributed by atoms with van der Waals surface area (Å²) in [5, 5.41) is 0. The van der Waals surface area contributed by atoms with Gasteiger partial charge in [0.15, 0.2) is 0 Å². The Morgan fingerprint density at radius 3 is 2.43 bits per heavy atom. The third-order valence-electron chi connectivity index (χ3n) is 2.38. The molecular weight excluding hydrogens is 182 g/mol. The Balaban J connectivity index is 2.40. The quantitative estimate of drug-likeness (QED) is 0.587. The van der Waals surface area contributed by atoms with Gasteiger partial charge in [-0.15, -0.1) is 0 Å². The normalized spacial score (nSPS) is 21.1. The first kappa shape index (κ1) is 11.2. The smallest absolute Gasteiger partial charge is 0.125 e. The molecule has 0 aliphatic heterocycles. The van der Waals surface area contributed by atoms with Gasteiger partial charge in [-0.3, -0.25) is 0 Å². The fourth-order valence-corrected chi connectivity index (χ4v) is 1.69. The summed E-state index contributed by atoms with van der Waals surface area (Å²) in [6, 6.07) is 0. The van der Waals surface area contributed by atoms with Crippen molar-refractivity contribution in [3.8, 4) is 0 Å². The van der Waals surface area contributed by atoms with Crippen LogP contribution >= 0.6 is 0 Å². The lowest BCUT2D eigenvalue weighted by Gasteiger charge is -1.97. The van der Waals surface area contributed by atoms with E-state index in [4.69, 9.17) is 0 Å². The number of hydrogen-bond donors (Lipinski definition) is 0. The van der Waals surface area contributed by atoms with Gasteiger partial charge in [0.25, 0.3) is 0 Å². The van der Waals surface area contributed by atoms with Crippen LogP contribution in [-0.2, 0) is 0 Å². The highest BCUT2D eigenvalue weighted by molar-refractivity contribution is 5.19. The van der Waals surface area contributed by atoms with Gasteiger partial charge in [-0.2, -0.15) is 0 Å². The Bertz CT molecular complexity index is 251. The largest absolute Gasteiger partial charge is 0.212 e. The second kappa shape index (κ2) is 5.74. The molecule has 0 N–H and O–H groups in total. The fraction of sp³-hybridized carbons (Fsp3) is 0.500. The van der Waals surface area contributed by atoms with Crippen LogP contribution in [0.25, 0.3) is 0 Å². The van der Waals surface area contributed by atoms with E-state index < -0.39 is 11.7 Å². The second-order valence-electron chi connectivity index (χ2n) is 3.71. The first-order valence-electron chi connectivity index (χ1n) is 5.06. The maximum atomic E-state index is 12.8. The molecule has 0 aromatic rings. The Labute approximate surface area is 84.0 Å². The summed E-state index contributed by atoms with van der Waals surface area (Å²) >= 11 is 0. The van der Waals surface area contributed by atoms with Gasteiger partial charge in [-0.1, -0.05) is 25.0 Å². The van der Waals surface area contributed by atoms with E-state index >= 15 is 0 Å². The van der Waals surface area contributed by atoms with E-state index in [2.05, 4.69) is 0 Å². The second-order valence-corrected chi connectivity index (χ2v) is 3.71. The summed E-state index contributed by atoms with van der Waals surface area (Å²) in [6.45, 7) is 1.23. The zero-order chi connectivity index (χ0) is 10.4. The third kappa shape index (κ3) is 4.35. The van der Waals surface area contributed by atoms with Crippen molar-refractivity contribution in [2.75, 3.05) is 0 Å². The fourth-order valence-electron chi connectivity index (χ4n) is 1.69. The molecule has 0 unspecified atom stereocenters. The van der Waals surface area contributed by atoms with Gasteiger partial charge in [0, 0.05) is 6.08 Å². The van der Waals surface area contributed by atoms with Crippen molar-refractivity contribution in [2.45, 2.75) is 32.6 Å². The molecule has 0 aromatic heterocycles. The maximum absolute atomic E-state index is 12.8. The summed E-state index contributed by atoms with van der Waals surface area (Å²) in [5.41, 5.74) is 0. The molecule has 14 heavy (non-hydrogen) atoms. The molecule has 78 valence electrons. The maximum Gasteiger partial charge on any atom is 0.125 e. The van der Waals surface area contributed by atoms with Crippen LogP contribution in [0, 0.1) is 5.92 Å². The molecule has 0 amide bonds. The van der Waals surface area contributed by atoms with E-state index in [0.717, 1.165) is 6.08 Å². The van der Waals surface area contributed by atoms with Crippen molar-refractivity contribution >= 4 is 0 Å². The van der Waals surface area contributed by atoms with E-state index in [1.54, 1.807) is 6.08 Å². The number of halogens is 2. The average molecular weight is 198 g/mol. The van der Waals surface area contributed by atoms with E-state index in [9.17, 15) is 8.78 Å². The summed E-state index contributed by atoms with van der Waals surface area (Å²) < 4.78 is 25.1. The van der Waals surface area contributed by atoms with Gasteiger partial charge in [0.05, 0.1) is 5.83 Å². The Hall–Kier alpha value is -0.920. The minimum Gasteiger partial charge on any atom is -0.212 e. The summed E-state index contributed by atoms with van der Waals surface area (Å²) in [7, 11) is 0. The summed E-state index contributed by atoms with van der Waals surface area (Å²) in [4.78, 5) is 0. The zero-order valence-electron chi connectivity index (χ0n) is 8.47. The lowest BCUT2D eigenvalue weighted by atomic mass is 10.1. The van der Waals surface area contributed by atoms with E-state index in [-0.39, 0.29) is 0 Å². The first-order chi connectivity index (χ1) is 6.68. The first-order valence-corrected chi connectivity index (χ1v) is 5.06. The number of hydrogen-bond acceptors (Lipinski definition) is 0. The minimum atomic E-state index is -0.528. The molecule has 1 saturated carbocycles. The average Bonchev–Trinajstić information content (AvgIpc) is 2.55. The van der Waals surface area contributed by atoms with Gasteiger partial charge in [-0.05, 0) is 31.8 Å². The molecule has 2 heteroatoms. The van der Waals surface area contributed by atoms with Crippen molar-refractivity contribution < 1.29 is 8.78 Å². The van der Waals surface area contributed by atoms with Crippen LogP contribution in [0.1, 0.15) is 32.6 Å². The van der Waals surface area contributed by atoms with Crippen LogP contribution < -0.4 is 0 Å². The lowest BCUT2D eigenvalue weighted by Crippen LogP contribution is -1.84. The summed E-state index contributed by atoms with van der Waals surface area (Å²) in [6.07, 6.45) is 10.8. The molecule has 1 aliphatic rings. The molecule has 0 radical (unpaired) electrons. The van der Waals surface area contributed by atoms with E-state index in [0.29, 0.717) is 5.92 Å². The summed E-state index contributed by atoms with van der Waals surface area (Å²) in [5.74, 6) is -0.443. The predicted octanol–water partition coefficient (Wildman–Crippen LogP) is 4.46. The molecule has 1 rings (SSSR count). The number of rotatable bonds is 3. The molecule has 1 aliphatic carbocycles. The van der Waals surface area contributed by atoms with Crippen molar-refractivity contribution in [3.63, 3.8) is 0 Å². The molecule has 0 spiro atoms. The van der Waals surface area contributed by atoms with Crippen LogP contribution in [0.4, 0.5) is 8.78 Å². The zero-order valence-corrected chi connectivity index (χ0v) is 8.47. The highest BCUT2D eigenvalue weighted by Gasteiger charge is 2.10. The molecule has 0 bridgehead atoms. The topological polar surface area (TPSA) is 0 Å². The van der Waals surface area contributed by atoms with Crippen LogP contribution in [0.2, 0.25) is 0 Å². The third-order valence-corrected chi connectivity index (χ3v) is 2.38. The highest BCUT2D eigenvalue weighted by atomic mass is 19.1. The molecule has 1 fully saturated rings. The van der Waals surface area contributed by atoms with Crippen molar-refractivity contribution in [3.05, 3.63) is 36.0 Å². The van der Waals surface area contributed by atoms with Crippen LogP contribution in [0.15, 0.2) is 36.0 Å². The van der Waals surface area contributed by atoms with Crippen LogP contribution in [-0.4, -0.2) is 0 Å². The van der Waals surface area contributed by atoms with Crippen LogP contribution in [0.3, 0.4) is 0 Å². The lowest BCUT2D eigenvalue weighted by molar-refractivity contribution is 0.614. The van der Waals surface area contributed by atoms with Gasteiger partial charge in [0.1, 0.15) is 5.83 Å². The SMILES string of the molecule is C\C(F)=C/C(F)=C\C=C\C1CCCC1. The molecule has 0 aromatic carbocycles. The number of allylic oxidation sites excluding steroid dienone is 6. The van der Waals surface area contributed by atoms with Crippen molar-refractivity contribution in [2.24, 2.45) is 5.92 Å². The minimum absolute atomic E-state index is 0.506. The van der Waals surface area contributed by atoms with Crippen LogP contribution in [0.5, 0.6) is 0 Å². The van der Waals surface area contributed by atoms with E-state index in [1.165, 1.54) is 38.7 Å². The van der Waals surface area contributed by atoms with Gasteiger partial charge >= 0.3 is 0 Å². The molecule has 0 nitrogen and oxygen atoms in total. The monoisotopic (exact) mass is 198 g/mol. The predicted molar refractivity (Wildman–Crippen MR) is 55.2 cm³/mol. The Morgan fingerprint density at radius 1 is 1.21 bits per heavy atom. The van der Waals surface area contributed by atoms with Crippen molar-refractivity contribution in [1.82, 2.24) is 0 Å². The van der Waals surface area contributed by atoms with Gasteiger partial charge in [-0.25, -0.2) is 8.78 Å². The standard InChI is InChI=1S/C12H16F2/c1-10(13)9-12(14)8-4-7-11-5-2-3-6-11/h4,7-9,11H,2-3,5-6H2,1H3/b7-4+,10-9+,12-8+. The van der Waals surface area contributed by atoms with Crippen molar-refractivity contribution in [1.29, 1.82) is 0 Å². The Kier molecular flexibility index (Phi) is 4.57. The molecule has 0 saturated heterocycles. The van der Waals surface area contributed by atoms with Gasteiger partial charge < -0.3 is 0 Å². The highest BCUT2D eigenvalue weighted by Crippen LogP contribution is 2.25. The van der Waals surface area contributed by atoms with Gasteiger partial charge in [0.2, 0.25) is 0 Å². The Morgan fingerprint density at radius 2 is 1.86 bits per heavy atom. The molecule has 0 heterocycles. The molecular formula is C12H16F2. The van der Waals surface area contributed by atoms with E-state index in [1.807, 2.05) is 6.08 Å².